The molecule has 1 aromatic rings. The highest BCUT2D eigenvalue weighted by molar-refractivity contribution is 5.93. The van der Waals surface area contributed by atoms with Gasteiger partial charge in [0.2, 0.25) is 11.8 Å². The minimum absolute atomic E-state index is 0.0163. The summed E-state index contributed by atoms with van der Waals surface area (Å²) >= 11 is 0. The van der Waals surface area contributed by atoms with Gasteiger partial charge in [-0.3, -0.25) is 9.59 Å². The van der Waals surface area contributed by atoms with Gasteiger partial charge in [-0.05, 0) is 49.9 Å². The SMILES string of the molecule is CC(NC(=O)C1CCCNC1)c1ccc2c(c1)CCC(=O)N2. The average Bonchev–Trinajstić information content (AvgIpc) is 2.55. The van der Waals surface area contributed by atoms with Gasteiger partial charge in [-0.15, -0.1) is 0 Å². The van der Waals surface area contributed by atoms with Gasteiger partial charge in [-0.1, -0.05) is 12.1 Å². The van der Waals surface area contributed by atoms with Gasteiger partial charge < -0.3 is 16.0 Å². The van der Waals surface area contributed by atoms with Crippen LogP contribution in [0.5, 0.6) is 0 Å². The zero-order valence-electron chi connectivity index (χ0n) is 12.9. The lowest BCUT2D eigenvalue weighted by atomic mass is 9.96. The van der Waals surface area contributed by atoms with Crippen LogP contribution in [0.15, 0.2) is 18.2 Å². The lowest BCUT2D eigenvalue weighted by Gasteiger charge is -2.25. The number of piperidine rings is 1. The zero-order chi connectivity index (χ0) is 15.5. The summed E-state index contributed by atoms with van der Waals surface area (Å²) in [5.74, 6) is 0.283. The number of rotatable bonds is 3. The van der Waals surface area contributed by atoms with Crippen molar-refractivity contribution in [2.45, 2.75) is 38.6 Å². The first-order valence-corrected chi connectivity index (χ1v) is 8.07. The number of hydrogen-bond donors (Lipinski definition) is 3. The van der Waals surface area contributed by atoms with Crippen LogP contribution in [0.25, 0.3) is 0 Å². The standard InChI is InChI=1S/C17H23N3O2/c1-11(19-17(22)14-3-2-8-18-10-14)12-4-6-15-13(9-12)5-7-16(21)20-15/h4,6,9,11,14,18H,2-3,5,7-8,10H2,1H3,(H,19,22)(H,20,21). The molecule has 2 heterocycles. The Morgan fingerprint density at radius 1 is 1.36 bits per heavy atom. The molecule has 5 heteroatoms. The van der Waals surface area contributed by atoms with Crippen LogP contribution in [0, 0.1) is 5.92 Å². The van der Waals surface area contributed by atoms with Crippen molar-refractivity contribution in [2.24, 2.45) is 5.92 Å². The second kappa shape index (κ2) is 6.48. The second-order valence-corrected chi connectivity index (χ2v) is 6.24. The normalized spacial score (nSPS) is 22.4. The Labute approximate surface area is 130 Å². The van der Waals surface area contributed by atoms with Crippen LogP contribution < -0.4 is 16.0 Å². The molecular formula is C17H23N3O2. The second-order valence-electron chi connectivity index (χ2n) is 6.24. The third-order valence-electron chi connectivity index (χ3n) is 4.55. The Balaban J connectivity index is 1.65. The van der Waals surface area contributed by atoms with E-state index in [9.17, 15) is 9.59 Å². The predicted molar refractivity (Wildman–Crippen MR) is 85.5 cm³/mol. The van der Waals surface area contributed by atoms with Gasteiger partial charge in [0.1, 0.15) is 0 Å². The van der Waals surface area contributed by atoms with Crippen LogP contribution in [0.1, 0.15) is 43.4 Å². The van der Waals surface area contributed by atoms with Gasteiger partial charge in [0.15, 0.2) is 0 Å². The summed E-state index contributed by atoms with van der Waals surface area (Å²) in [7, 11) is 0. The Hall–Kier alpha value is -1.88. The van der Waals surface area contributed by atoms with Gasteiger partial charge in [-0.25, -0.2) is 0 Å². The number of benzene rings is 1. The smallest absolute Gasteiger partial charge is 0.224 e. The van der Waals surface area contributed by atoms with Crippen LogP contribution in [-0.4, -0.2) is 24.9 Å². The van der Waals surface area contributed by atoms with Crippen molar-refractivity contribution in [1.82, 2.24) is 10.6 Å². The molecule has 1 saturated heterocycles. The Morgan fingerprint density at radius 2 is 2.23 bits per heavy atom. The predicted octanol–water partition coefficient (Wildman–Crippen LogP) is 1.75. The number of fused-ring (bicyclic) bond motifs is 1. The summed E-state index contributed by atoms with van der Waals surface area (Å²) in [5, 5.41) is 9.27. The molecule has 22 heavy (non-hydrogen) atoms. The quantitative estimate of drug-likeness (QED) is 0.796. The maximum absolute atomic E-state index is 12.3. The molecule has 0 bridgehead atoms. The molecule has 3 N–H and O–H groups in total. The molecule has 0 saturated carbocycles. The Bertz CT molecular complexity index is 579. The Kier molecular flexibility index (Phi) is 4.43. The topological polar surface area (TPSA) is 70.2 Å². The molecule has 0 radical (unpaired) electrons. The first-order chi connectivity index (χ1) is 10.6. The number of nitrogens with one attached hydrogen (secondary N) is 3. The molecule has 2 aliphatic rings. The van der Waals surface area contributed by atoms with Crippen LogP contribution in [0.4, 0.5) is 5.69 Å². The highest BCUT2D eigenvalue weighted by atomic mass is 16.2. The number of aryl methyl sites for hydroxylation is 1. The van der Waals surface area contributed by atoms with Crippen molar-refractivity contribution in [1.29, 1.82) is 0 Å². The first kappa shape index (κ1) is 15.0. The van der Waals surface area contributed by atoms with Gasteiger partial charge in [0.25, 0.3) is 0 Å². The summed E-state index contributed by atoms with van der Waals surface area (Å²) in [6.45, 7) is 3.79. The molecule has 2 aliphatic heterocycles. The minimum atomic E-state index is -0.0163. The van der Waals surface area contributed by atoms with Crippen molar-refractivity contribution in [2.75, 3.05) is 18.4 Å². The fourth-order valence-electron chi connectivity index (χ4n) is 3.16. The maximum Gasteiger partial charge on any atom is 0.224 e. The molecule has 0 aromatic heterocycles. The fourth-order valence-corrected chi connectivity index (χ4v) is 3.16. The first-order valence-electron chi connectivity index (χ1n) is 8.07. The zero-order valence-corrected chi connectivity index (χ0v) is 12.9. The van der Waals surface area contributed by atoms with Crippen molar-refractivity contribution in [3.8, 4) is 0 Å². The number of carbonyl (C=O) groups excluding carboxylic acids is 2. The van der Waals surface area contributed by atoms with E-state index in [1.165, 1.54) is 0 Å². The van der Waals surface area contributed by atoms with Crippen LogP contribution in [0.3, 0.4) is 0 Å². The molecule has 2 atom stereocenters. The van der Waals surface area contributed by atoms with E-state index in [-0.39, 0.29) is 23.8 Å². The summed E-state index contributed by atoms with van der Waals surface area (Å²) < 4.78 is 0. The van der Waals surface area contributed by atoms with Crippen molar-refractivity contribution in [3.05, 3.63) is 29.3 Å². The highest BCUT2D eigenvalue weighted by Crippen LogP contribution is 2.26. The van der Waals surface area contributed by atoms with E-state index in [0.717, 1.165) is 49.2 Å². The van der Waals surface area contributed by atoms with Gasteiger partial charge >= 0.3 is 0 Å². The van der Waals surface area contributed by atoms with Crippen molar-refractivity contribution < 1.29 is 9.59 Å². The molecule has 118 valence electrons. The summed E-state index contributed by atoms with van der Waals surface area (Å²) in [6.07, 6.45) is 3.32. The third kappa shape index (κ3) is 3.30. The Morgan fingerprint density at radius 3 is 3.00 bits per heavy atom. The van der Waals surface area contributed by atoms with E-state index in [0.29, 0.717) is 6.42 Å². The molecule has 3 rings (SSSR count). The minimum Gasteiger partial charge on any atom is -0.349 e. The summed E-state index contributed by atoms with van der Waals surface area (Å²) in [5.41, 5.74) is 3.14. The van der Waals surface area contributed by atoms with Gasteiger partial charge in [0.05, 0.1) is 12.0 Å². The molecule has 1 aromatic carbocycles. The number of carbonyl (C=O) groups is 2. The molecule has 0 aliphatic carbocycles. The van der Waals surface area contributed by atoms with E-state index in [4.69, 9.17) is 0 Å². The van der Waals surface area contributed by atoms with Crippen LogP contribution in [0.2, 0.25) is 0 Å². The lowest BCUT2D eigenvalue weighted by Crippen LogP contribution is -2.41. The van der Waals surface area contributed by atoms with Crippen LogP contribution in [-0.2, 0) is 16.0 Å². The van der Waals surface area contributed by atoms with Gasteiger partial charge in [-0.2, -0.15) is 0 Å². The fraction of sp³-hybridized carbons (Fsp3) is 0.529. The summed E-state index contributed by atoms with van der Waals surface area (Å²) in [6, 6.07) is 6.00. The van der Waals surface area contributed by atoms with E-state index in [2.05, 4.69) is 22.0 Å². The molecule has 5 nitrogen and oxygen atoms in total. The number of hydrogen-bond acceptors (Lipinski definition) is 3. The third-order valence-corrected chi connectivity index (χ3v) is 4.55. The van der Waals surface area contributed by atoms with Crippen molar-refractivity contribution in [3.63, 3.8) is 0 Å². The molecule has 0 spiro atoms. The molecule has 2 unspecified atom stereocenters. The van der Waals surface area contributed by atoms with Crippen molar-refractivity contribution >= 4 is 17.5 Å². The molecule has 1 fully saturated rings. The number of anilines is 1. The average molecular weight is 301 g/mol. The lowest BCUT2D eigenvalue weighted by molar-refractivity contribution is -0.126. The largest absolute Gasteiger partial charge is 0.349 e. The van der Waals surface area contributed by atoms with E-state index >= 15 is 0 Å². The monoisotopic (exact) mass is 301 g/mol. The maximum atomic E-state index is 12.3. The van der Waals surface area contributed by atoms with E-state index in [1.807, 2.05) is 19.1 Å². The van der Waals surface area contributed by atoms with E-state index < -0.39 is 0 Å². The van der Waals surface area contributed by atoms with E-state index in [1.54, 1.807) is 0 Å². The van der Waals surface area contributed by atoms with Gasteiger partial charge in [0, 0.05) is 18.7 Å². The summed E-state index contributed by atoms with van der Waals surface area (Å²) in [4.78, 5) is 23.7. The number of amides is 2. The molecular weight excluding hydrogens is 278 g/mol. The molecule has 2 amide bonds. The van der Waals surface area contributed by atoms with Crippen LogP contribution >= 0.6 is 0 Å². The highest BCUT2D eigenvalue weighted by Gasteiger charge is 2.23.